The second-order valence-electron chi connectivity index (χ2n) is 4.18. The standard InChI is InChI=1S/C13H18N2/c1-2-7-15-13(14)12-8-10-5-3-4-6-11(10)9-12/h3-6,12H,2,7-9H2,1H3,(H2,14,15). The summed E-state index contributed by atoms with van der Waals surface area (Å²) < 4.78 is 0. The Morgan fingerprint density at radius 1 is 1.33 bits per heavy atom. The molecule has 2 heteroatoms. The van der Waals surface area contributed by atoms with Gasteiger partial charge in [0.25, 0.3) is 0 Å². The number of benzene rings is 1. The third-order valence-electron chi connectivity index (χ3n) is 2.99. The molecule has 0 radical (unpaired) electrons. The van der Waals surface area contributed by atoms with Crippen LogP contribution in [0.25, 0.3) is 0 Å². The highest BCUT2D eigenvalue weighted by Crippen LogP contribution is 2.26. The highest BCUT2D eigenvalue weighted by molar-refractivity contribution is 5.84. The first-order chi connectivity index (χ1) is 7.31. The second-order valence-corrected chi connectivity index (χ2v) is 4.18. The van der Waals surface area contributed by atoms with Crippen LogP contribution < -0.4 is 5.73 Å². The van der Waals surface area contributed by atoms with E-state index in [9.17, 15) is 0 Å². The van der Waals surface area contributed by atoms with E-state index in [-0.39, 0.29) is 0 Å². The average molecular weight is 202 g/mol. The third-order valence-corrected chi connectivity index (χ3v) is 2.99. The van der Waals surface area contributed by atoms with Gasteiger partial charge in [-0.25, -0.2) is 0 Å². The van der Waals surface area contributed by atoms with Crippen LogP contribution in [0.3, 0.4) is 0 Å². The zero-order valence-corrected chi connectivity index (χ0v) is 9.24. The minimum Gasteiger partial charge on any atom is -0.387 e. The summed E-state index contributed by atoms with van der Waals surface area (Å²) >= 11 is 0. The maximum Gasteiger partial charge on any atom is 0.0975 e. The molecule has 2 N–H and O–H groups in total. The maximum atomic E-state index is 5.99. The van der Waals surface area contributed by atoms with Gasteiger partial charge >= 0.3 is 0 Å². The van der Waals surface area contributed by atoms with Gasteiger partial charge in [0.2, 0.25) is 0 Å². The van der Waals surface area contributed by atoms with E-state index in [2.05, 4.69) is 36.2 Å². The van der Waals surface area contributed by atoms with Gasteiger partial charge in [0.15, 0.2) is 0 Å². The van der Waals surface area contributed by atoms with Crippen LogP contribution in [0.5, 0.6) is 0 Å². The molecule has 0 amide bonds. The fourth-order valence-corrected chi connectivity index (χ4v) is 2.14. The molecule has 0 atom stereocenters. The van der Waals surface area contributed by atoms with Gasteiger partial charge in [-0.3, -0.25) is 4.99 Å². The van der Waals surface area contributed by atoms with Crippen LogP contribution in [-0.4, -0.2) is 12.4 Å². The first kappa shape index (κ1) is 10.2. The Balaban J connectivity index is 2.07. The molecule has 1 aliphatic rings. The van der Waals surface area contributed by atoms with Crippen molar-refractivity contribution in [2.45, 2.75) is 26.2 Å². The molecule has 0 unspecified atom stereocenters. The molecule has 15 heavy (non-hydrogen) atoms. The fourth-order valence-electron chi connectivity index (χ4n) is 2.14. The molecule has 0 fully saturated rings. The summed E-state index contributed by atoms with van der Waals surface area (Å²) in [4.78, 5) is 4.40. The van der Waals surface area contributed by atoms with Gasteiger partial charge in [-0.05, 0) is 30.4 Å². The Morgan fingerprint density at radius 2 is 1.93 bits per heavy atom. The summed E-state index contributed by atoms with van der Waals surface area (Å²) in [5, 5.41) is 0. The topological polar surface area (TPSA) is 38.4 Å². The Morgan fingerprint density at radius 3 is 2.47 bits per heavy atom. The molecular weight excluding hydrogens is 184 g/mol. The van der Waals surface area contributed by atoms with E-state index < -0.39 is 0 Å². The lowest BCUT2D eigenvalue weighted by atomic mass is 10.1. The van der Waals surface area contributed by atoms with E-state index >= 15 is 0 Å². The van der Waals surface area contributed by atoms with Gasteiger partial charge in [-0.1, -0.05) is 31.2 Å². The van der Waals surface area contributed by atoms with Gasteiger partial charge in [0.1, 0.15) is 0 Å². The number of amidine groups is 1. The number of rotatable bonds is 3. The smallest absolute Gasteiger partial charge is 0.0975 e. The molecule has 0 heterocycles. The molecule has 1 aromatic rings. The lowest BCUT2D eigenvalue weighted by molar-refractivity contribution is 0.732. The summed E-state index contributed by atoms with van der Waals surface area (Å²) in [5.41, 5.74) is 8.88. The van der Waals surface area contributed by atoms with Crippen LogP contribution in [-0.2, 0) is 12.8 Å². The van der Waals surface area contributed by atoms with Crippen molar-refractivity contribution < 1.29 is 0 Å². The van der Waals surface area contributed by atoms with Gasteiger partial charge in [-0.2, -0.15) is 0 Å². The summed E-state index contributed by atoms with van der Waals surface area (Å²) in [5.74, 6) is 1.28. The molecule has 0 bridgehead atoms. The SMILES string of the molecule is CCCN=C(N)C1Cc2ccccc2C1. The Labute approximate surface area is 91.2 Å². The van der Waals surface area contributed by atoms with Gasteiger partial charge < -0.3 is 5.73 Å². The molecule has 0 saturated heterocycles. The van der Waals surface area contributed by atoms with Crippen molar-refractivity contribution in [3.05, 3.63) is 35.4 Å². The van der Waals surface area contributed by atoms with Crippen molar-refractivity contribution in [3.8, 4) is 0 Å². The quantitative estimate of drug-likeness (QED) is 0.592. The van der Waals surface area contributed by atoms with Crippen molar-refractivity contribution >= 4 is 5.84 Å². The summed E-state index contributed by atoms with van der Waals surface area (Å²) in [6.45, 7) is 2.98. The molecule has 2 rings (SSSR count). The van der Waals surface area contributed by atoms with Gasteiger partial charge in [-0.15, -0.1) is 0 Å². The summed E-state index contributed by atoms with van der Waals surface area (Å²) in [7, 11) is 0. The number of fused-ring (bicyclic) bond motifs is 1. The predicted molar refractivity (Wildman–Crippen MR) is 64.1 cm³/mol. The van der Waals surface area contributed by atoms with Crippen LogP contribution in [0.4, 0.5) is 0 Å². The number of aliphatic imine (C=N–C) groups is 1. The molecule has 0 aromatic heterocycles. The summed E-state index contributed by atoms with van der Waals surface area (Å²) in [6.07, 6.45) is 3.20. The van der Waals surface area contributed by atoms with Gasteiger partial charge in [0, 0.05) is 12.5 Å². The highest BCUT2D eigenvalue weighted by Gasteiger charge is 2.23. The predicted octanol–water partition coefficient (Wildman–Crippen LogP) is 2.17. The van der Waals surface area contributed by atoms with Crippen molar-refractivity contribution in [1.29, 1.82) is 0 Å². The van der Waals surface area contributed by atoms with E-state index in [0.717, 1.165) is 31.6 Å². The van der Waals surface area contributed by atoms with Crippen molar-refractivity contribution in [1.82, 2.24) is 0 Å². The van der Waals surface area contributed by atoms with Crippen LogP contribution in [0.1, 0.15) is 24.5 Å². The highest BCUT2D eigenvalue weighted by atomic mass is 14.9. The minimum atomic E-state index is 0.439. The molecule has 0 spiro atoms. The number of hydrogen-bond acceptors (Lipinski definition) is 1. The number of nitrogens with zero attached hydrogens (tertiary/aromatic N) is 1. The number of hydrogen-bond donors (Lipinski definition) is 1. The average Bonchev–Trinajstić information content (AvgIpc) is 2.69. The fraction of sp³-hybridized carbons (Fsp3) is 0.462. The Kier molecular flexibility index (Phi) is 3.05. The normalized spacial score (nSPS) is 16.7. The van der Waals surface area contributed by atoms with E-state index in [1.807, 2.05) is 0 Å². The van der Waals surface area contributed by atoms with E-state index in [1.165, 1.54) is 11.1 Å². The zero-order valence-electron chi connectivity index (χ0n) is 9.24. The molecule has 0 saturated carbocycles. The van der Waals surface area contributed by atoms with Crippen LogP contribution in [0.15, 0.2) is 29.3 Å². The lowest BCUT2D eigenvalue weighted by Crippen LogP contribution is -2.24. The molecule has 2 nitrogen and oxygen atoms in total. The first-order valence-electron chi connectivity index (χ1n) is 5.68. The largest absolute Gasteiger partial charge is 0.387 e. The van der Waals surface area contributed by atoms with E-state index in [0.29, 0.717) is 5.92 Å². The van der Waals surface area contributed by atoms with Gasteiger partial charge in [0.05, 0.1) is 5.84 Å². The second kappa shape index (κ2) is 4.47. The molecule has 1 aliphatic carbocycles. The van der Waals surface area contributed by atoms with Crippen molar-refractivity contribution in [2.24, 2.45) is 16.6 Å². The molecule has 80 valence electrons. The maximum absolute atomic E-state index is 5.99. The third kappa shape index (κ3) is 2.20. The molecule has 0 aliphatic heterocycles. The van der Waals surface area contributed by atoms with E-state index in [4.69, 9.17) is 5.73 Å². The number of nitrogens with two attached hydrogens (primary N) is 1. The first-order valence-corrected chi connectivity index (χ1v) is 5.68. The Hall–Kier alpha value is -1.31. The zero-order chi connectivity index (χ0) is 10.7. The van der Waals surface area contributed by atoms with Crippen molar-refractivity contribution in [2.75, 3.05) is 6.54 Å². The minimum absolute atomic E-state index is 0.439. The van der Waals surface area contributed by atoms with Crippen LogP contribution >= 0.6 is 0 Å². The Bertz CT molecular complexity index is 344. The van der Waals surface area contributed by atoms with Crippen LogP contribution in [0.2, 0.25) is 0 Å². The molecule has 1 aromatic carbocycles. The summed E-state index contributed by atoms with van der Waals surface area (Å²) in [6, 6.07) is 8.59. The van der Waals surface area contributed by atoms with Crippen molar-refractivity contribution in [3.63, 3.8) is 0 Å². The van der Waals surface area contributed by atoms with Crippen LogP contribution in [0, 0.1) is 5.92 Å². The molecular formula is C13H18N2. The lowest BCUT2D eigenvalue weighted by Gasteiger charge is -2.07. The monoisotopic (exact) mass is 202 g/mol. The van der Waals surface area contributed by atoms with E-state index in [1.54, 1.807) is 0 Å².